The molecule has 3 aromatic rings. The molecule has 2 aliphatic rings. The van der Waals surface area contributed by atoms with Crippen LogP contribution in [0.15, 0.2) is 72.8 Å². The molecule has 0 saturated carbocycles. The molecule has 0 spiro atoms. The fourth-order valence-electron chi connectivity index (χ4n) is 4.73. The first-order valence-corrected chi connectivity index (χ1v) is 11.7. The van der Waals surface area contributed by atoms with Crippen LogP contribution in [0.1, 0.15) is 32.7 Å². The van der Waals surface area contributed by atoms with Crippen molar-refractivity contribution in [3.8, 4) is 0 Å². The highest BCUT2D eigenvalue weighted by Gasteiger charge is 2.33. The normalized spacial score (nSPS) is 16.6. The minimum absolute atomic E-state index is 0.0165. The Hall–Kier alpha value is -3.77. The third kappa shape index (κ3) is 4.37. The topological polar surface area (TPSA) is 60.9 Å². The van der Waals surface area contributed by atoms with E-state index in [1.807, 2.05) is 47.4 Å². The van der Waals surface area contributed by atoms with Crippen molar-refractivity contribution in [2.45, 2.75) is 6.42 Å². The van der Waals surface area contributed by atoms with Crippen molar-refractivity contribution in [1.29, 1.82) is 0 Å². The lowest BCUT2D eigenvalue weighted by atomic mass is 9.94. The number of benzene rings is 3. The zero-order valence-electron chi connectivity index (χ0n) is 19.0. The molecule has 2 heterocycles. The zero-order valence-corrected chi connectivity index (χ0v) is 19.0. The molecule has 34 heavy (non-hydrogen) atoms. The van der Waals surface area contributed by atoms with Crippen LogP contribution in [0.2, 0.25) is 0 Å². The van der Waals surface area contributed by atoms with Gasteiger partial charge in [0.15, 0.2) is 0 Å². The van der Waals surface area contributed by atoms with E-state index in [1.165, 1.54) is 10.5 Å². The van der Waals surface area contributed by atoms with Crippen LogP contribution in [-0.4, -0.2) is 71.7 Å². The van der Waals surface area contributed by atoms with E-state index in [1.54, 1.807) is 12.1 Å². The maximum absolute atomic E-state index is 13.0. The second-order valence-corrected chi connectivity index (χ2v) is 8.72. The van der Waals surface area contributed by atoms with Gasteiger partial charge in [-0.2, -0.15) is 0 Å². The van der Waals surface area contributed by atoms with Crippen molar-refractivity contribution < 1.29 is 14.4 Å². The van der Waals surface area contributed by atoms with Gasteiger partial charge < -0.3 is 4.90 Å². The lowest BCUT2D eigenvalue weighted by Gasteiger charge is -2.34. The number of piperazine rings is 1. The molecule has 0 bridgehead atoms. The third-order valence-corrected chi connectivity index (χ3v) is 6.60. The van der Waals surface area contributed by atoms with E-state index in [9.17, 15) is 14.4 Å². The molecular formula is C28H27N3O3. The van der Waals surface area contributed by atoms with Gasteiger partial charge >= 0.3 is 0 Å². The van der Waals surface area contributed by atoms with Gasteiger partial charge in [-0.1, -0.05) is 66.7 Å². The zero-order chi connectivity index (χ0) is 23.5. The first kappa shape index (κ1) is 22.0. The Kier molecular flexibility index (Phi) is 6.23. The van der Waals surface area contributed by atoms with E-state index in [0.29, 0.717) is 29.6 Å². The molecule has 0 aromatic heterocycles. The van der Waals surface area contributed by atoms with Gasteiger partial charge in [0, 0.05) is 62.2 Å². The summed E-state index contributed by atoms with van der Waals surface area (Å²) in [6.45, 7) is 3.87. The van der Waals surface area contributed by atoms with Crippen LogP contribution in [0, 0.1) is 0 Å². The lowest BCUT2D eigenvalue weighted by Crippen LogP contribution is -2.49. The Morgan fingerprint density at radius 3 is 2.09 bits per heavy atom. The van der Waals surface area contributed by atoms with E-state index in [-0.39, 0.29) is 30.7 Å². The maximum Gasteiger partial charge on any atom is 0.261 e. The summed E-state index contributed by atoms with van der Waals surface area (Å²) in [5.74, 6) is -0.661. The molecule has 3 aromatic carbocycles. The molecule has 3 amide bonds. The van der Waals surface area contributed by atoms with E-state index >= 15 is 0 Å². The molecule has 5 rings (SSSR count). The molecule has 0 N–H and O–H groups in total. The summed E-state index contributed by atoms with van der Waals surface area (Å²) in [4.78, 5) is 44.2. The Morgan fingerprint density at radius 2 is 1.44 bits per heavy atom. The van der Waals surface area contributed by atoms with E-state index in [4.69, 9.17) is 0 Å². The van der Waals surface area contributed by atoms with Crippen molar-refractivity contribution in [3.63, 3.8) is 0 Å². The summed E-state index contributed by atoms with van der Waals surface area (Å²) in [5.41, 5.74) is 2.23. The van der Waals surface area contributed by atoms with Crippen LogP contribution < -0.4 is 0 Å². The smallest absolute Gasteiger partial charge is 0.261 e. The van der Waals surface area contributed by atoms with Gasteiger partial charge in [-0.05, 0) is 23.1 Å². The standard InChI is InChI=1S/C28H27N3O3/c32-25(30-19-17-29(18-20-30)15-6-9-21-7-2-1-3-8-21)14-16-31-27(33)23-12-4-10-22-11-5-13-24(26(22)23)28(31)34/h1-13H,14-20H2/b9-6-. The maximum atomic E-state index is 13.0. The molecule has 0 unspecified atom stereocenters. The van der Waals surface area contributed by atoms with Crippen LogP contribution in [-0.2, 0) is 4.79 Å². The number of imide groups is 1. The van der Waals surface area contributed by atoms with Gasteiger partial charge in [0.05, 0.1) is 0 Å². The van der Waals surface area contributed by atoms with Gasteiger partial charge in [-0.25, -0.2) is 0 Å². The number of amides is 3. The predicted molar refractivity (Wildman–Crippen MR) is 132 cm³/mol. The summed E-state index contributed by atoms with van der Waals surface area (Å²) in [6.07, 6.45) is 4.41. The van der Waals surface area contributed by atoms with E-state index < -0.39 is 0 Å². The van der Waals surface area contributed by atoms with E-state index in [2.05, 4.69) is 29.2 Å². The molecule has 0 radical (unpaired) electrons. The van der Waals surface area contributed by atoms with Crippen molar-refractivity contribution in [2.75, 3.05) is 39.3 Å². The number of hydrogen-bond donors (Lipinski definition) is 0. The highest BCUT2D eigenvalue weighted by atomic mass is 16.2. The summed E-state index contributed by atoms with van der Waals surface area (Å²) >= 11 is 0. The quantitative estimate of drug-likeness (QED) is 0.534. The Morgan fingerprint density at radius 1 is 0.794 bits per heavy atom. The van der Waals surface area contributed by atoms with Gasteiger partial charge in [0.25, 0.3) is 11.8 Å². The molecule has 2 aliphatic heterocycles. The van der Waals surface area contributed by atoms with Crippen LogP contribution in [0.25, 0.3) is 16.8 Å². The number of rotatable bonds is 6. The predicted octanol–water partition coefficient (Wildman–Crippen LogP) is 3.68. The van der Waals surface area contributed by atoms with E-state index in [0.717, 1.165) is 25.0 Å². The van der Waals surface area contributed by atoms with Gasteiger partial charge in [-0.3, -0.25) is 24.2 Å². The highest BCUT2D eigenvalue weighted by Crippen LogP contribution is 2.30. The van der Waals surface area contributed by atoms with Crippen molar-refractivity contribution in [2.24, 2.45) is 0 Å². The van der Waals surface area contributed by atoms with Gasteiger partial charge in [0.2, 0.25) is 5.91 Å². The summed E-state index contributed by atoms with van der Waals surface area (Å²) in [5, 5.41) is 1.59. The second kappa shape index (κ2) is 9.61. The fourth-order valence-corrected chi connectivity index (χ4v) is 4.73. The number of nitrogens with zero attached hydrogens (tertiary/aromatic N) is 3. The first-order valence-electron chi connectivity index (χ1n) is 11.7. The average molecular weight is 454 g/mol. The van der Waals surface area contributed by atoms with Crippen molar-refractivity contribution in [1.82, 2.24) is 14.7 Å². The number of carbonyl (C=O) groups excluding carboxylic acids is 3. The molecule has 0 atom stereocenters. The van der Waals surface area contributed by atoms with Crippen LogP contribution in [0.3, 0.4) is 0 Å². The lowest BCUT2D eigenvalue weighted by molar-refractivity contribution is -0.132. The van der Waals surface area contributed by atoms with Crippen molar-refractivity contribution >= 4 is 34.6 Å². The molecule has 6 nitrogen and oxygen atoms in total. The Balaban J connectivity index is 1.15. The Bertz CT molecular complexity index is 1210. The van der Waals surface area contributed by atoms with Crippen LogP contribution in [0.4, 0.5) is 0 Å². The van der Waals surface area contributed by atoms with Crippen LogP contribution >= 0.6 is 0 Å². The molecule has 6 heteroatoms. The highest BCUT2D eigenvalue weighted by molar-refractivity contribution is 6.25. The van der Waals surface area contributed by atoms with Crippen molar-refractivity contribution in [3.05, 3.63) is 89.5 Å². The van der Waals surface area contributed by atoms with Gasteiger partial charge in [-0.15, -0.1) is 0 Å². The second-order valence-electron chi connectivity index (χ2n) is 8.72. The van der Waals surface area contributed by atoms with Gasteiger partial charge in [0.1, 0.15) is 0 Å². The third-order valence-electron chi connectivity index (χ3n) is 6.60. The molecule has 0 aliphatic carbocycles. The first-order chi connectivity index (χ1) is 16.6. The summed E-state index contributed by atoms with van der Waals surface area (Å²) in [6, 6.07) is 21.2. The largest absolute Gasteiger partial charge is 0.340 e. The fraction of sp³-hybridized carbons (Fsp3) is 0.250. The minimum Gasteiger partial charge on any atom is -0.340 e. The average Bonchev–Trinajstić information content (AvgIpc) is 2.88. The van der Waals surface area contributed by atoms with Crippen LogP contribution in [0.5, 0.6) is 0 Å². The summed E-state index contributed by atoms with van der Waals surface area (Å²) < 4.78 is 0. The molecule has 1 saturated heterocycles. The summed E-state index contributed by atoms with van der Waals surface area (Å²) in [7, 11) is 0. The molecule has 1 fully saturated rings. The number of carbonyl (C=O) groups is 3. The molecular weight excluding hydrogens is 426 g/mol. The number of hydrogen-bond acceptors (Lipinski definition) is 4. The Labute approximate surface area is 199 Å². The minimum atomic E-state index is -0.322. The SMILES string of the molecule is O=C(CCN1C(=O)c2cccc3cccc(c23)C1=O)N1CCN(C/C=C\c2ccccc2)CC1. The molecule has 172 valence electrons. The monoisotopic (exact) mass is 453 g/mol.